The van der Waals surface area contributed by atoms with Gasteiger partial charge in [-0.2, -0.15) is 0 Å². The number of nitrogens with one attached hydrogen (secondary N) is 1. The van der Waals surface area contributed by atoms with Gasteiger partial charge in [-0.25, -0.2) is 0 Å². The van der Waals surface area contributed by atoms with Gasteiger partial charge in [0.2, 0.25) is 11.8 Å². The molecule has 3 heterocycles. The van der Waals surface area contributed by atoms with Crippen LogP contribution in [0.2, 0.25) is 0 Å². The lowest BCUT2D eigenvalue weighted by Crippen LogP contribution is -2.59. The summed E-state index contributed by atoms with van der Waals surface area (Å²) in [5.74, 6) is 0.566. The van der Waals surface area contributed by atoms with Crippen LogP contribution in [0.4, 0.5) is 0 Å². The van der Waals surface area contributed by atoms with Crippen molar-refractivity contribution >= 4 is 11.8 Å². The number of fused-ring (bicyclic) bond motifs is 2. The van der Waals surface area contributed by atoms with Crippen LogP contribution in [0.15, 0.2) is 0 Å². The zero-order valence-electron chi connectivity index (χ0n) is 14.1. The van der Waals surface area contributed by atoms with Crippen LogP contribution in [-0.4, -0.2) is 65.9 Å². The molecule has 6 heteroatoms. The Morgan fingerprint density at radius 3 is 2.91 bits per heavy atom. The monoisotopic (exact) mass is 321 g/mol. The van der Waals surface area contributed by atoms with Crippen LogP contribution < -0.4 is 11.1 Å². The van der Waals surface area contributed by atoms with E-state index in [1.54, 1.807) is 6.92 Å². The molecular formula is C17H29N4O2. The van der Waals surface area contributed by atoms with Gasteiger partial charge >= 0.3 is 0 Å². The first-order valence-electron chi connectivity index (χ1n) is 8.87. The van der Waals surface area contributed by atoms with E-state index in [0.717, 1.165) is 64.8 Å². The van der Waals surface area contributed by atoms with Gasteiger partial charge in [-0.1, -0.05) is 0 Å². The van der Waals surface area contributed by atoms with E-state index in [1.165, 1.54) is 0 Å². The van der Waals surface area contributed by atoms with E-state index < -0.39 is 5.54 Å². The Labute approximate surface area is 138 Å². The van der Waals surface area contributed by atoms with Gasteiger partial charge in [-0.3, -0.25) is 14.5 Å². The minimum absolute atomic E-state index is 0.163. The van der Waals surface area contributed by atoms with Crippen LogP contribution in [0.25, 0.3) is 0 Å². The van der Waals surface area contributed by atoms with E-state index in [0.29, 0.717) is 12.0 Å². The Morgan fingerprint density at radius 2 is 2.22 bits per heavy atom. The Balaban J connectivity index is 1.44. The van der Waals surface area contributed by atoms with Crippen molar-refractivity contribution in [2.45, 2.75) is 50.6 Å². The molecule has 3 rings (SSSR count). The molecule has 0 aliphatic carbocycles. The molecule has 129 valence electrons. The number of hydrogen-bond acceptors (Lipinski definition) is 4. The second-order valence-corrected chi connectivity index (χ2v) is 7.33. The molecule has 0 unspecified atom stereocenters. The average molecular weight is 321 g/mol. The maximum absolute atomic E-state index is 12.0. The fraction of sp³-hybridized carbons (Fsp3) is 0.824. The normalized spacial score (nSPS) is 34.0. The predicted octanol–water partition coefficient (Wildman–Crippen LogP) is 0.131. The van der Waals surface area contributed by atoms with Crippen molar-refractivity contribution in [2.75, 3.05) is 32.7 Å². The van der Waals surface area contributed by atoms with E-state index in [-0.39, 0.29) is 11.8 Å². The molecule has 0 saturated carbocycles. The van der Waals surface area contributed by atoms with Gasteiger partial charge in [0.1, 0.15) is 5.54 Å². The molecule has 2 bridgehead atoms. The highest BCUT2D eigenvalue weighted by Gasteiger charge is 2.52. The quantitative estimate of drug-likeness (QED) is 0.682. The van der Waals surface area contributed by atoms with Crippen molar-refractivity contribution < 1.29 is 9.59 Å². The Bertz CT molecular complexity index is 466. The van der Waals surface area contributed by atoms with Gasteiger partial charge < -0.3 is 16.0 Å². The van der Waals surface area contributed by atoms with Gasteiger partial charge in [0.25, 0.3) is 0 Å². The molecule has 0 aromatic heterocycles. The summed E-state index contributed by atoms with van der Waals surface area (Å²) in [5, 5.41) is 3.52. The molecule has 3 atom stereocenters. The topological polar surface area (TPSA) is 78.7 Å². The molecule has 3 aliphatic heterocycles. The number of carbonyl (C=O) groups is 2. The predicted molar refractivity (Wildman–Crippen MR) is 88.4 cm³/mol. The summed E-state index contributed by atoms with van der Waals surface area (Å²) in [5.41, 5.74) is 5.29. The molecule has 0 aromatic rings. The molecular weight excluding hydrogens is 292 g/mol. The molecule has 1 radical (unpaired) electrons. The van der Waals surface area contributed by atoms with Crippen molar-refractivity contribution in [1.82, 2.24) is 15.1 Å². The van der Waals surface area contributed by atoms with E-state index in [9.17, 15) is 9.59 Å². The van der Waals surface area contributed by atoms with Crippen LogP contribution in [-0.2, 0) is 9.59 Å². The van der Waals surface area contributed by atoms with Gasteiger partial charge in [0.05, 0.1) is 0 Å². The van der Waals surface area contributed by atoms with Crippen LogP contribution in [0.3, 0.4) is 0 Å². The zero-order valence-corrected chi connectivity index (χ0v) is 14.1. The molecule has 6 nitrogen and oxygen atoms in total. The lowest BCUT2D eigenvalue weighted by molar-refractivity contribution is -0.130. The van der Waals surface area contributed by atoms with E-state index in [2.05, 4.69) is 16.6 Å². The summed E-state index contributed by atoms with van der Waals surface area (Å²) < 4.78 is 0. The Kier molecular flexibility index (Phi) is 4.92. The maximum Gasteiger partial charge on any atom is 0.237 e. The van der Waals surface area contributed by atoms with E-state index >= 15 is 0 Å². The third-order valence-corrected chi connectivity index (χ3v) is 5.95. The first kappa shape index (κ1) is 16.7. The lowest BCUT2D eigenvalue weighted by Gasteiger charge is -2.42. The first-order chi connectivity index (χ1) is 11.0. The second kappa shape index (κ2) is 6.77. The fourth-order valence-electron chi connectivity index (χ4n) is 4.59. The van der Waals surface area contributed by atoms with E-state index in [4.69, 9.17) is 5.73 Å². The summed E-state index contributed by atoms with van der Waals surface area (Å²) in [4.78, 5) is 27.6. The SMILES string of the molecule is CC(=O)N1CC[C@@H](CNCCN2[C@@H]3C[CH]C[C@@]2(C(N)=O)CC3)C1. The number of carbonyl (C=O) groups excluding carboxylic acids is 2. The summed E-state index contributed by atoms with van der Waals surface area (Å²) in [6.07, 6.45) is 7.18. The third kappa shape index (κ3) is 3.24. The van der Waals surface area contributed by atoms with Crippen LogP contribution >= 0.6 is 0 Å². The highest BCUT2D eigenvalue weighted by atomic mass is 16.2. The number of piperidine rings is 1. The molecule has 3 aliphatic rings. The van der Waals surface area contributed by atoms with Crippen LogP contribution in [0.1, 0.15) is 39.0 Å². The van der Waals surface area contributed by atoms with Crippen molar-refractivity contribution in [3.8, 4) is 0 Å². The van der Waals surface area contributed by atoms with Crippen molar-refractivity contribution in [2.24, 2.45) is 11.7 Å². The summed E-state index contributed by atoms with van der Waals surface area (Å²) in [6.45, 7) is 6.10. The van der Waals surface area contributed by atoms with Crippen molar-refractivity contribution in [3.63, 3.8) is 0 Å². The fourth-order valence-corrected chi connectivity index (χ4v) is 4.59. The minimum Gasteiger partial charge on any atom is -0.368 e. The molecule has 2 amide bonds. The molecule has 0 spiro atoms. The van der Waals surface area contributed by atoms with Gasteiger partial charge in [0, 0.05) is 39.1 Å². The molecule has 3 saturated heterocycles. The maximum atomic E-state index is 12.0. The number of amides is 2. The highest BCUT2D eigenvalue weighted by molar-refractivity contribution is 5.85. The van der Waals surface area contributed by atoms with Crippen molar-refractivity contribution in [3.05, 3.63) is 6.42 Å². The first-order valence-corrected chi connectivity index (χ1v) is 8.87. The Hall–Kier alpha value is -1.14. The van der Waals surface area contributed by atoms with Crippen LogP contribution in [0.5, 0.6) is 0 Å². The van der Waals surface area contributed by atoms with Gasteiger partial charge in [-0.15, -0.1) is 0 Å². The standard InChI is InChI=1S/C17H29N4O2/c1-13(22)20-9-5-14(12-20)11-19-8-10-21-15-3-2-6-17(21,7-4-15)16(18)23/h2,14-15,19H,3-12H2,1H3,(H2,18,23)/t14-,15+,17-/m0/s1. The molecule has 3 N–H and O–H groups in total. The molecule has 0 aromatic carbocycles. The number of nitrogens with two attached hydrogens (primary N) is 1. The number of primary amides is 1. The van der Waals surface area contributed by atoms with Crippen LogP contribution in [0, 0.1) is 12.3 Å². The number of hydrogen-bond donors (Lipinski definition) is 2. The number of rotatable bonds is 6. The minimum atomic E-state index is -0.427. The number of likely N-dealkylation sites (tertiary alicyclic amines) is 1. The third-order valence-electron chi connectivity index (χ3n) is 5.95. The zero-order chi connectivity index (χ0) is 16.4. The summed E-state index contributed by atoms with van der Waals surface area (Å²) >= 11 is 0. The molecule has 3 fully saturated rings. The number of nitrogens with zero attached hydrogens (tertiary/aromatic N) is 2. The van der Waals surface area contributed by atoms with Gasteiger partial charge in [0.15, 0.2) is 0 Å². The second-order valence-electron chi connectivity index (χ2n) is 7.33. The summed E-state index contributed by atoms with van der Waals surface area (Å²) in [6, 6.07) is 0.484. The van der Waals surface area contributed by atoms with Crippen molar-refractivity contribution in [1.29, 1.82) is 0 Å². The van der Waals surface area contributed by atoms with Gasteiger partial charge in [-0.05, 0) is 51.0 Å². The molecule has 23 heavy (non-hydrogen) atoms. The Morgan fingerprint density at radius 1 is 1.39 bits per heavy atom. The lowest BCUT2D eigenvalue weighted by atomic mass is 9.87. The smallest absolute Gasteiger partial charge is 0.237 e. The highest BCUT2D eigenvalue weighted by Crippen LogP contribution is 2.43. The largest absolute Gasteiger partial charge is 0.368 e. The average Bonchev–Trinajstić information content (AvgIpc) is 3.05. The summed E-state index contributed by atoms with van der Waals surface area (Å²) in [7, 11) is 0. The van der Waals surface area contributed by atoms with E-state index in [1.807, 2.05) is 4.90 Å².